The van der Waals surface area contributed by atoms with Gasteiger partial charge in [0, 0.05) is 4.88 Å². The molecule has 3 N–H and O–H groups in total. The maximum absolute atomic E-state index is 13.1. The van der Waals surface area contributed by atoms with Crippen LogP contribution in [0, 0.1) is 19.7 Å². The van der Waals surface area contributed by atoms with Gasteiger partial charge in [0.1, 0.15) is 10.7 Å². The van der Waals surface area contributed by atoms with E-state index in [1.165, 1.54) is 30.3 Å². The van der Waals surface area contributed by atoms with E-state index in [9.17, 15) is 23.7 Å². The van der Waals surface area contributed by atoms with Crippen molar-refractivity contribution in [1.29, 1.82) is 0 Å². The first-order chi connectivity index (χ1) is 12.7. The zero-order valence-corrected chi connectivity index (χ0v) is 16.3. The quantitative estimate of drug-likeness (QED) is 0.531. The summed E-state index contributed by atoms with van der Waals surface area (Å²) in [6.07, 6.45) is 0. The Bertz CT molecular complexity index is 1060. The number of aryl methyl sites for hydroxylation is 2. The molecule has 2 aromatic carbocycles. The third-order valence-electron chi connectivity index (χ3n) is 4.01. The van der Waals surface area contributed by atoms with E-state index in [2.05, 4.69) is 5.09 Å². The van der Waals surface area contributed by atoms with Crippen molar-refractivity contribution in [1.82, 2.24) is 0 Å². The van der Waals surface area contributed by atoms with Gasteiger partial charge in [-0.15, -0.1) is 11.3 Å². The number of anilines is 1. The number of carbonyl (C=O) groups is 1. The number of hydrogen-bond acceptors (Lipinski definition) is 3. The third-order valence-corrected chi connectivity index (χ3v) is 6.88. The number of nitrogens with one attached hydrogen (secondary N) is 1. The van der Waals surface area contributed by atoms with Crippen LogP contribution in [-0.2, 0) is 4.57 Å². The highest BCUT2D eigenvalue weighted by atomic mass is 32.1. The first-order valence-electron chi connectivity index (χ1n) is 7.99. The second-order valence-electron chi connectivity index (χ2n) is 6.14. The number of benzene rings is 2. The molecule has 5 nitrogen and oxygen atoms in total. The molecular formula is C19H17FNO4PS. The SMILES string of the molecule is Cc1ccc(P(=O)(O)Nc2cc(-c3ccc(F)cc3)sc2C(=O)O)c(C)c1. The molecule has 0 aliphatic carbocycles. The summed E-state index contributed by atoms with van der Waals surface area (Å²) in [6.45, 7) is 3.60. The Morgan fingerprint density at radius 2 is 1.78 bits per heavy atom. The molecule has 0 bridgehead atoms. The van der Waals surface area contributed by atoms with E-state index in [0.29, 0.717) is 16.0 Å². The maximum Gasteiger partial charge on any atom is 0.348 e. The van der Waals surface area contributed by atoms with Crippen LogP contribution in [0.15, 0.2) is 48.5 Å². The van der Waals surface area contributed by atoms with Gasteiger partial charge in [-0.1, -0.05) is 29.8 Å². The van der Waals surface area contributed by atoms with Crippen molar-refractivity contribution >= 4 is 35.8 Å². The smallest absolute Gasteiger partial charge is 0.348 e. The van der Waals surface area contributed by atoms with Gasteiger partial charge in [-0.25, -0.2) is 9.18 Å². The lowest BCUT2D eigenvalue weighted by atomic mass is 10.2. The lowest BCUT2D eigenvalue weighted by Crippen LogP contribution is -2.15. The van der Waals surface area contributed by atoms with Gasteiger partial charge in [-0.05, 0) is 49.2 Å². The molecule has 1 aromatic heterocycles. The van der Waals surface area contributed by atoms with E-state index in [1.807, 2.05) is 6.92 Å². The molecule has 0 spiro atoms. The fourth-order valence-electron chi connectivity index (χ4n) is 2.76. The van der Waals surface area contributed by atoms with Gasteiger partial charge < -0.3 is 15.1 Å². The summed E-state index contributed by atoms with van der Waals surface area (Å²) in [4.78, 5) is 22.6. The normalized spacial score (nSPS) is 13.2. The molecule has 0 aliphatic heterocycles. The Morgan fingerprint density at radius 1 is 1.11 bits per heavy atom. The molecule has 0 saturated carbocycles. The Morgan fingerprint density at radius 3 is 2.37 bits per heavy atom. The van der Waals surface area contributed by atoms with Gasteiger partial charge in [0.05, 0.1) is 11.0 Å². The van der Waals surface area contributed by atoms with Crippen LogP contribution in [0.2, 0.25) is 0 Å². The first kappa shape index (κ1) is 19.3. The van der Waals surface area contributed by atoms with E-state index in [4.69, 9.17) is 0 Å². The molecule has 0 radical (unpaired) electrons. The summed E-state index contributed by atoms with van der Waals surface area (Å²) in [5, 5.41) is 12.2. The van der Waals surface area contributed by atoms with Gasteiger partial charge in [0.15, 0.2) is 0 Å². The second kappa shape index (κ2) is 7.27. The second-order valence-corrected chi connectivity index (χ2v) is 9.05. The Kier molecular flexibility index (Phi) is 5.20. The van der Waals surface area contributed by atoms with Gasteiger partial charge in [0.2, 0.25) is 0 Å². The summed E-state index contributed by atoms with van der Waals surface area (Å²) in [5.74, 6) is -1.61. The van der Waals surface area contributed by atoms with E-state index in [1.54, 1.807) is 25.1 Å². The van der Waals surface area contributed by atoms with E-state index < -0.39 is 19.3 Å². The van der Waals surface area contributed by atoms with Crippen molar-refractivity contribution in [3.05, 3.63) is 70.4 Å². The van der Waals surface area contributed by atoms with E-state index in [-0.39, 0.29) is 15.9 Å². The predicted molar refractivity (Wildman–Crippen MR) is 106 cm³/mol. The van der Waals surface area contributed by atoms with Crippen LogP contribution in [0.25, 0.3) is 10.4 Å². The minimum atomic E-state index is -4.04. The van der Waals surface area contributed by atoms with Crippen LogP contribution in [0.4, 0.5) is 10.1 Å². The Labute approximate surface area is 159 Å². The van der Waals surface area contributed by atoms with Gasteiger partial charge in [0.25, 0.3) is 0 Å². The summed E-state index contributed by atoms with van der Waals surface area (Å²) in [7, 11) is -4.04. The first-order valence-corrected chi connectivity index (χ1v) is 10.5. The van der Waals surface area contributed by atoms with Crippen LogP contribution >= 0.6 is 18.9 Å². The lowest BCUT2D eigenvalue weighted by Gasteiger charge is -2.16. The molecule has 0 amide bonds. The van der Waals surface area contributed by atoms with E-state index >= 15 is 0 Å². The third kappa shape index (κ3) is 4.11. The highest BCUT2D eigenvalue weighted by molar-refractivity contribution is 7.67. The molecule has 3 rings (SSSR count). The molecule has 27 heavy (non-hydrogen) atoms. The van der Waals surface area contributed by atoms with Crippen molar-refractivity contribution in [2.45, 2.75) is 13.8 Å². The number of carboxylic acid groups (broad SMARTS) is 1. The molecular weight excluding hydrogens is 388 g/mol. The molecule has 140 valence electrons. The van der Waals surface area contributed by atoms with Crippen LogP contribution in [0.1, 0.15) is 20.8 Å². The molecule has 8 heteroatoms. The maximum atomic E-state index is 13.1. The van der Waals surface area contributed by atoms with Crippen LogP contribution in [-0.4, -0.2) is 16.0 Å². The number of hydrogen-bond donors (Lipinski definition) is 3. The Hall–Kier alpha value is -2.47. The van der Waals surface area contributed by atoms with Gasteiger partial charge >= 0.3 is 13.5 Å². The molecule has 1 atom stereocenters. The molecule has 0 saturated heterocycles. The highest BCUT2D eigenvalue weighted by Crippen LogP contribution is 2.45. The number of aromatic carboxylic acids is 1. The monoisotopic (exact) mass is 405 g/mol. The summed E-state index contributed by atoms with van der Waals surface area (Å²) >= 11 is 0.952. The fourth-order valence-corrected chi connectivity index (χ4v) is 5.23. The standard InChI is InChI=1S/C19H17FNO4PS/c1-11-3-8-16(12(2)9-11)26(24,25)21-15-10-17(27-18(15)19(22)23)13-4-6-14(20)7-5-13/h3-10H,1-2H3,(H,22,23)(H2,21,24,25). The highest BCUT2D eigenvalue weighted by Gasteiger charge is 2.27. The Balaban J connectivity index is 2.01. The molecule has 1 heterocycles. The van der Waals surface area contributed by atoms with Crippen molar-refractivity contribution < 1.29 is 23.7 Å². The number of halogens is 1. The van der Waals surface area contributed by atoms with Crippen LogP contribution < -0.4 is 10.4 Å². The topological polar surface area (TPSA) is 86.6 Å². The van der Waals surface area contributed by atoms with E-state index in [0.717, 1.165) is 16.9 Å². The molecule has 3 aromatic rings. The summed E-state index contributed by atoms with van der Waals surface area (Å²) in [6, 6.07) is 12.2. The zero-order valence-electron chi connectivity index (χ0n) is 14.6. The average Bonchev–Trinajstić information content (AvgIpc) is 2.98. The molecule has 0 fully saturated rings. The summed E-state index contributed by atoms with van der Waals surface area (Å²) < 4.78 is 26.0. The van der Waals surface area contributed by atoms with Gasteiger partial charge in [-0.2, -0.15) is 0 Å². The number of thiophene rings is 1. The lowest BCUT2D eigenvalue weighted by molar-refractivity contribution is 0.0703. The minimum absolute atomic E-state index is 0.0534. The van der Waals surface area contributed by atoms with Crippen molar-refractivity contribution in [3.8, 4) is 10.4 Å². The largest absolute Gasteiger partial charge is 0.477 e. The van der Waals surface area contributed by atoms with Crippen molar-refractivity contribution in [3.63, 3.8) is 0 Å². The fraction of sp³-hybridized carbons (Fsp3) is 0.105. The minimum Gasteiger partial charge on any atom is -0.477 e. The average molecular weight is 405 g/mol. The number of rotatable bonds is 5. The van der Waals surface area contributed by atoms with Gasteiger partial charge in [-0.3, -0.25) is 4.57 Å². The van der Waals surface area contributed by atoms with Crippen molar-refractivity contribution in [2.75, 3.05) is 5.09 Å². The predicted octanol–water partition coefficient (Wildman–Crippen LogP) is 4.79. The van der Waals surface area contributed by atoms with Crippen LogP contribution in [0.3, 0.4) is 0 Å². The van der Waals surface area contributed by atoms with Crippen LogP contribution in [0.5, 0.6) is 0 Å². The van der Waals surface area contributed by atoms with Crippen molar-refractivity contribution in [2.24, 2.45) is 0 Å². The molecule has 1 unspecified atom stereocenters. The molecule has 0 aliphatic rings. The zero-order chi connectivity index (χ0) is 19.8. The number of carboxylic acids is 1. The summed E-state index contributed by atoms with van der Waals surface area (Å²) in [5.41, 5.74) is 2.27.